The van der Waals surface area contributed by atoms with Crippen LogP contribution in [0.1, 0.15) is 24.5 Å². The fourth-order valence-corrected chi connectivity index (χ4v) is 2.37. The van der Waals surface area contributed by atoms with E-state index < -0.39 is 0 Å². The summed E-state index contributed by atoms with van der Waals surface area (Å²) in [4.78, 5) is 0. The van der Waals surface area contributed by atoms with Crippen LogP contribution >= 0.6 is 15.9 Å². The quantitative estimate of drug-likeness (QED) is 0.803. The van der Waals surface area contributed by atoms with Crippen molar-refractivity contribution in [1.29, 1.82) is 0 Å². The van der Waals surface area contributed by atoms with Crippen LogP contribution in [0.5, 0.6) is 5.75 Å². The van der Waals surface area contributed by atoms with Crippen LogP contribution in [0.4, 0.5) is 0 Å². The highest BCUT2D eigenvalue weighted by Crippen LogP contribution is 2.13. The van der Waals surface area contributed by atoms with Crippen molar-refractivity contribution < 1.29 is 4.74 Å². The van der Waals surface area contributed by atoms with Gasteiger partial charge in [-0.3, -0.25) is 0 Å². The van der Waals surface area contributed by atoms with E-state index in [0.717, 1.165) is 36.3 Å². The largest absolute Gasteiger partial charge is 0.494 e. The van der Waals surface area contributed by atoms with Gasteiger partial charge in [-0.15, -0.1) is 0 Å². The molecule has 2 aromatic carbocycles. The zero-order chi connectivity index (χ0) is 14.2. The molecule has 0 aliphatic rings. The maximum Gasteiger partial charge on any atom is 0.119 e. The first kappa shape index (κ1) is 15.1. The van der Waals surface area contributed by atoms with E-state index in [0.29, 0.717) is 0 Å². The molecular formula is C17H20BrNO. The van der Waals surface area contributed by atoms with Gasteiger partial charge in [0.1, 0.15) is 5.75 Å². The van der Waals surface area contributed by atoms with Crippen molar-refractivity contribution in [2.75, 3.05) is 6.61 Å². The number of ether oxygens (including phenoxy) is 1. The second-order valence-corrected chi connectivity index (χ2v) is 5.64. The zero-order valence-electron chi connectivity index (χ0n) is 11.7. The van der Waals surface area contributed by atoms with Gasteiger partial charge in [0, 0.05) is 17.6 Å². The molecule has 0 spiro atoms. The van der Waals surface area contributed by atoms with Gasteiger partial charge in [0.25, 0.3) is 0 Å². The normalized spacial score (nSPS) is 10.5. The molecule has 3 heteroatoms. The van der Waals surface area contributed by atoms with Gasteiger partial charge >= 0.3 is 0 Å². The maximum absolute atomic E-state index is 5.57. The molecule has 0 radical (unpaired) electrons. The fourth-order valence-electron chi connectivity index (χ4n) is 1.92. The molecule has 1 N–H and O–H groups in total. The minimum absolute atomic E-state index is 0.778. The molecule has 106 valence electrons. The molecule has 0 unspecified atom stereocenters. The molecule has 0 amide bonds. The van der Waals surface area contributed by atoms with Gasteiger partial charge in [0.05, 0.1) is 6.61 Å². The Labute approximate surface area is 129 Å². The van der Waals surface area contributed by atoms with Gasteiger partial charge < -0.3 is 10.1 Å². The molecular weight excluding hydrogens is 314 g/mol. The summed E-state index contributed by atoms with van der Waals surface area (Å²) in [6.45, 7) is 4.62. The predicted molar refractivity (Wildman–Crippen MR) is 86.9 cm³/mol. The Hall–Kier alpha value is -1.32. The van der Waals surface area contributed by atoms with Crippen LogP contribution in [0.15, 0.2) is 53.0 Å². The third kappa shape index (κ3) is 4.99. The molecule has 0 saturated heterocycles. The summed E-state index contributed by atoms with van der Waals surface area (Å²) >= 11 is 3.49. The van der Waals surface area contributed by atoms with Crippen molar-refractivity contribution >= 4 is 15.9 Å². The Morgan fingerprint density at radius 1 is 1.00 bits per heavy atom. The topological polar surface area (TPSA) is 21.3 Å². The van der Waals surface area contributed by atoms with Crippen LogP contribution in [-0.4, -0.2) is 6.61 Å². The van der Waals surface area contributed by atoms with Crippen LogP contribution in [0, 0.1) is 0 Å². The van der Waals surface area contributed by atoms with E-state index in [2.05, 4.69) is 58.5 Å². The van der Waals surface area contributed by atoms with E-state index in [1.54, 1.807) is 0 Å². The molecule has 0 atom stereocenters. The van der Waals surface area contributed by atoms with Crippen molar-refractivity contribution in [3.63, 3.8) is 0 Å². The Bertz CT molecular complexity index is 525. The summed E-state index contributed by atoms with van der Waals surface area (Å²) in [6.07, 6.45) is 1.04. The summed E-state index contributed by atoms with van der Waals surface area (Å²) in [5.74, 6) is 0.947. The Balaban J connectivity index is 1.79. The summed E-state index contributed by atoms with van der Waals surface area (Å²) in [6, 6.07) is 16.6. The van der Waals surface area contributed by atoms with Gasteiger partial charge in [-0.1, -0.05) is 47.1 Å². The molecule has 20 heavy (non-hydrogen) atoms. The third-order valence-corrected chi connectivity index (χ3v) is 3.44. The average Bonchev–Trinajstić information content (AvgIpc) is 2.46. The molecule has 0 heterocycles. The molecule has 2 aromatic rings. The summed E-state index contributed by atoms with van der Waals surface area (Å²) < 4.78 is 6.69. The standard InChI is InChI=1S/C17H20BrNO/c1-2-10-20-17-8-6-14(7-9-17)12-19-13-15-4-3-5-16(18)11-15/h3-9,11,19H,2,10,12-13H2,1H3. The minimum atomic E-state index is 0.778. The van der Waals surface area contributed by atoms with Gasteiger partial charge in [-0.05, 0) is 41.8 Å². The van der Waals surface area contributed by atoms with Crippen molar-refractivity contribution in [1.82, 2.24) is 5.32 Å². The van der Waals surface area contributed by atoms with E-state index in [-0.39, 0.29) is 0 Å². The fraction of sp³-hybridized carbons (Fsp3) is 0.294. The van der Waals surface area contributed by atoms with Crippen molar-refractivity contribution in [2.45, 2.75) is 26.4 Å². The van der Waals surface area contributed by atoms with Crippen LogP contribution in [0.25, 0.3) is 0 Å². The van der Waals surface area contributed by atoms with Crippen molar-refractivity contribution in [3.05, 3.63) is 64.1 Å². The smallest absolute Gasteiger partial charge is 0.119 e. The maximum atomic E-state index is 5.57. The molecule has 0 aromatic heterocycles. The molecule has 0 saturated carbocycles. The SMILES string of the molecule is CCCOc1ccc(CNCc2cccc(Br)c2)cc1. The number of hydrogen-bond acceptors (Lipinski definition) is 2. The van der Waals surface area contributed by atoms with E-state index in [1.165, 1.54) is 11.1 Å². The number of benzene rings is 2. The van der Waals surface area contributed by atoms with E-state index >= 15 is 0 Å². The minimum Gasteiger partial charge on any atom is -0.494 e. The molecule has 2 nitrogen and oxygen atoms in total. The monoisotopic (exact) mass is 333 g/mol. The van der Waals surface area contributed by atoms with Gasteiger partial charge in [-0.25, -0.2) is 0 Å². The van der Waals surface area contributed by atoms with Gasteiger partial charge in [-0.2, -0.15) is 0 Å². The molecule has 0 aliphatic heterocycles. The third-order valence-electron chi connectivity index (χ3n) is 2.94. The Kier molecular flexibility index (Phi) is 6.09. The number of hydrogen-bond donors (Lipinski definition) is 1. The average molecular weight is 334 g/mol. The van der Waals surface area contributed by atoms with Crippen molar-refractivity contribution in [3.8, 4) is 5.75 Å². The lowest BCUT2D eigenvalue weighted by Gasteiger charge is -2.08. The lowest BCUT2D eigenvalue weighted by Crippen LogP contribution is -2.12. The second kappa shape index (κ2) is 8.08. The molecule has 0 fully saturated rings. The molecule has 0 aliphatic carbocycles. The zero-order valence-corrected chi connectivity index (χ0v) is 13.3. The van der Waals surface area contributed by atoms with E-state index in [9.17, 15) is 0 Å². The highest BCUT2D eigenvalue weighted by Gasteiger charge is 1.97. The predicted octanol–water partition coefficient (Wildman–Crippen LogP) is 4.53. The van der Waals surface area contributed by atoms with E-state index in [1.807, 2.05) is 18.2 Å². The number of rotatable bonds is 7. The van der Waals surface area contributed by atoms with Crippen LogP contribution < -0.4 is 10.1 Å². The lowest BCUT2D eigenvalue weighted by molar-refractivity contribution is 0.317. The van der Waals surface area contributed by atoms with E-state index in [4.69, 9.17) is 4.74 Å². The molecule has 0 bridgehead atoms. The molecule has 2 rings (SSSR count). The summed E-state index contributed by atoms with van der Waals surface area (Å²) in [5.41, 5.74) is 2.55. The Morgan fingerprint density at radius 2 is 1.75 bits per heavy atom. The summed E-state index contributed by atoms with van der Waals surface area (Å²) in [7, 11) is 0. The highest BCUT2D eigenvalue weighted by molar-refractivity contribution is 9.10. The number of nitrogens with one attached hydrogen (secondary N) is 1. The summed E-state index contributed by atoms with van der Waals surface area (Å²) in [5, 5.41) is 3.45. The first-order valence-electron chi connectivity index (χ1n) is 6.95. The van der Waals surface area contributed by atoms with Crippen LogP contribution in [0.2, 0.25) is 0 Å². The van der Waals surface area contributed by atoms with Crippen molar-refractivity contribution in [2.24, 2.45) is 0 Å². The number of halogens is 1. The first-order valence-corrected chi connectivity index (χ1v) is 7.74. The van der Waals surface area contributed by atoms with Gasteiger partial charge in [0.15, 0.2) is 0 Å². The van der Waals surface area contributed by atoms with Gasteiger partial charge in [0.2, 0.25) is 0 Å². The van der Waals surface area contributed by atoms with Crippen LogP contribution in [-0.2, 0) is 13.1 Å². The van der Waals surface area contributed by atoms with Crippen LogP contribution in [0.3, 0.4) is 0 Å². The Morgan fingerprint density at radius 3 is 2.45 bits per heavy atom. The lowest BCUT2D eigenvalue weighted by atomic mass is 10.2. The highest BCUT2D eigenvalue weighted by atomic mass is 79.9. The first-order chi connectivity index (χ1) is 9.78. The second-order valence-electron chi connectivity index (χ2n) is 4.73.